The van der Waals surface area contributed by atoms with Crippen molar-refractivity contribution in [3.63, 3.8) is 0 Å². The Balaban J connectivity index is 3.17. The molecule has 1 aromatic heterocycles. The van der Waals surface area contributed by atoms with Crippen molar-refractivity contribution in [1.29, 1.82) is 0 Å². The molecule has 0 aliphatic carbocycles. The van der Waals surface area contributed by atoms with E-state index in [4.69, 9.17) is 5.73 Å². The normalized spacial score (nSPS) is 9.56. The average molecular weight is 129 g/mol. The summed E-state index contributed by atoms with van der Waals surface area (Å²) in [5.41, 5.74) is 4.90. The summed E-state index contributed by atoms with van der Waals surface area (Å²) in [7, 11) is 0. The molecule has 0 unspecified atom stereocenters. The van der Waals surface area contributed by atoms with Crippen molar-refractivity contribution in [3.05, 3.63) is 23.9 Å². The van der Waals surface area contributed by atoms with Gasteiger partial charge in [0.1, 0.15) is 6.20 Å². The Labute approximate surface area is 50.3 Å². The van der Waals surface area contributed by atoms with Crippen molar-refractivity contribution in [3.8, 4) is 0 Å². The SMILES string of the molecule is Nc1n[c]c(F)cc1F. The van der Waals surface area contributed by atoms with Crippen molar-refractivity contribution >= 4 is 5.82 Å². The number of anilines is 1. The fraction of sp³-hybridized carbons (Fsp3) is 0. The lowest BCUT2D eigenvalue weighted by molar-refractivity contribution is 0.575. The Bertz CT molecular complexity index is 224. The van der Waals surface area contributed by atoms with Crippen LogP contribution in [0.5, 0.6) is 0 Å². The first-order chi connectivity index (χ1) is 4.20. The van der Waals surface area contributed by atoms with Crippen LogP contribution in [0.1, 0.15) is 0 Å². The number of rotatable bonds is 0. The second-order valence-electron chi connectivity index (χ2n) is 1.45. The molecule has 4 heteroatoms. The van der Waals surface area contributed by atoms with E-state index in [9.17, 15) is 8.78 Å². The van der Waals surface area contributed by atoms with E-state index in [0.29, 0.717) is 6.07 Å². The van der Waals surface area contributed by atoms with Gasteiger partial charge in [-0.3, -0.25) is 0 Å². The minimum Gasteiger partial charge on any atom is -0.381 e. The van der Waals surface area contributed by atoms with Crippen LogP contribution in [0.2, 0.25) is 0 Å². The van der Waals surface area contributed by atoms with Gasteiger partial charge in [-0.15, -0.1) is 0 Å². The van der Waals surface area contributed by atoms with Gasteiger partial charge in [0.15, 0.2) is 17.5 Å². The smallest absolute Gasteiger partial charge is 0.168 e. The van der Waals surface area contributed by atoms with Gasteiger partial charge in [0.25, 0.3) is 0 Å². The molecule has 0 aliphatic heterocycles. The zero-order chi connectivity index (χ0) is 6.85. The summed E-state index contributed by atoms with van der Waals surface area (Å²) in [6.07, 6.45) is 1.86. The molecule has 0 saturated heterocycles. The summed E-state index contributed by atoms with van der Waals surface area (Å²) < 4.78 is 24.1. The Kier molecular flexibility index (Phi) is 1.30. The quantitative estimate of drug-likeness (QED) is 0.561. The molecule has 47 valence electrons. The molecule has 1 aromatic rings. The summed E-state index contributed by atoms with van der Waals surface area (Å²) >= 11 is 0. The summed E-state index contributed by atoms with van der Waals surface area (Å²) in [6.45, 7) is 0. The molecule has 1 rings (SSSR count). The lowest BCUT2D eigenvalue weighted by atomic mass is 10.4. The fourth-order valence-electron chi connectivity index (χ4n) is 0.385. The number of hydrogen-bond donors (Lipinski definition) is 1. The van der Waals surface area contributed by atoms with Crippen molar-refractivity contribution in [2.45, 2.75) is 0 Å². The Morgan fingerprint density at radius 3 is 2.67 bits per heavy atom. The minimum absolute atomic E-state index is 0.337. The molecule has 1 heterocycles. The van der Waals surface area contributed by atoms with Gasteiger partial charge in [-0.1, -0.05) is 0 Å². The Morgan fingerprint density at radius 2 is 2.22 bits per heavy atom. The molecule has 0 aliphatic rings. The predicted octanol–water partition coefficient (Wildman–Crippen LogP) is 0.742. The predicted molar refractivity (Wildman–Crippen MR) is 27.4 cm³/mol. The number of nitrogen functional groups attached to an aromatic ring is 1. The standard InChI is InChI=1S/C5H3F2N2/c6-3-1-4(7)5(8)9-2-3/h1H,(H2,8,9). The van der Waals surface area contributed by atoms with Gasteiger partial charge in [0, 0.05) is 6.07 Å². The number of pyridine rings is 1. The molecule has 9 heavy (non-hydrogen) atoms. The first-order valence-electron chi connectivity index (χ1n) is 2.19. The first-order valence-corrected chi connectivity index (χ1v) is 2.19. The minimum atomic E-state index is -0.855. The largest absolute Gasteiger partial charge is 0.381 e. The van der Waals surface area contributed by atoms with Crippen LogP contribution in [0.3, 0.4) is 0 Å². The van der Waals surface area contributed by atoms with Crippen molar-refractivity contribution < 1.29 is 8.78 Å². The maximum Gasteiger partial charge on any atom is 0.168 e. The van der Waals surface area contributed by atoms with Crippen LogP contribution in [0.15, 0.2) is 6.07 Å². The number of nitrogens with two attached hydrogens (primary N) is 1. The average Bonchev–Trinajstić information content (AvgIpc) is 1.80. The van der Waals surface area contributed by atoms with E-state index < -0.39 is 11.6 Å². The van der Waals surface area contributed by atoms with E-state index in [1.54, 1.807) is 0 Å². The van der Waals surface area contributed by atoms with Gasteiger partial charge < -0.3 is 5.73 Å². The van der Waals surface area contributed by atoms with Gasteiger partial charge in [-0.25, -0.2) is 13.8 Å². The summed E-state index contributed by atoms with van der Waals surface area (Å²) in [5.74, 6) is -2.04. The van der Waals surface area contributed by atoms with Crippen molar-refractivity contribution in [1.82, 2.24) is 4.98 Å². The number of halogens is 2. The molecule has 0 aromatic carbocycles. The van der Waals surface area contributed by atoms with Gasteiger partial charge in [0.05, 0.1) is 0 Å². The zero-order valence-electron chi connectivity index (χ0n) is 4.36. The molecule has 0 saturated carbocycles. The molecule has 0 bridgehead atoms. The van der Waals surface area contributed by atoms with Gasteiger partial charge >= 0.3 is 0 Å². The topological polar surface area (TPSA) is 38.9 Å². The maximum atomic E-state index is 12.1. The molecular formula is C5H3F2N2. The Morgan fingerprint density at radius 1 is 1.56 bits per heavy atom. The number of hydrogen-bond acceptors (Lipinski definition) is 2. The van der Waals surface area contributed by atoms with Crippen LogP contribution in [0.25, 0.3) is 0 Å². The van der Waals surface area contributed by atoms with E-state index in [2.05, 4.69) is 4.98 Å². The van der Waals surface area contributed by atoms with E-state index in [-0.39, 0.29) is 5.82 Å². The monoisotopic (exact) mass is 129 g/mol. The zero-order valence-corrected chi connectivity index (χ0v) is 4.36. The molecule has 2 nitrogen and oxygen atoms in total. The van der Waals surface area contributed by atoms with E-state index in [1.165, 1.54) is 0 Å². The Hall–Kier alpha value is -1.19. The fourth-order valence-corrected chi connectivity index (χ4v) is 0.385. The second-order valence-corrected chi connectivity index (χ2v) is 1.45. The highest BCUT2D eigenvalue weighted by Gasteiger charge is 1.99. The third-order valence-electron chi connectivity index (χ3n) is 0.781. The van der Waals surface area contributed by atoms with Crippen LogP contribution in [0.4, 0.5) is 14.6 Å². The highest BCUT2D eigenvalue weighted by Crippen LogP contribution is 2.05. The van der Waals surface area contributed by atoms with E-state index in [1.807, 2.05) is 6.20 Å². The lowest BCUT2D eigenvalue weighted by Crippen LogP contribution is -1.94. The molecule has 1 radical (unpaired) electrons. The lowest BCUT2D eigenvalue weighted by Gasteiger charge is -1.90. The second kappa shape index (κ2) is 1.97. The van der Waals surface area contributed by atoms with Crippen LogP contribution in [-0.2, 0) is 0 Å². The highest BCUT2D eigenvalue weighted by atomic mass is 19.1. The summed E-state index contributed by atoms with van der Waals surface area (Å²) in [5, 5.41) is 0. The highest BCUT2D eigenvalue weighted by molar-refractivity contribution is 5.28. The third-order valence-corrected chi connectivity index (χ3v) is 0.781. The van der Waals surface area contributed by atoms with E-state index in [0.717, 1.165) is 0 Å². The third kappa shape index (κ3) is 1.13. The van der Waals surface area contributed by atoms with Crippen LogP contribution in [0, 0.1) is 17.8 Å². The van der Waals surface area contributed by atoms with Crippen LogP contribution in [-0.4, -0.2) is 4.98 Å². The number of aromatic nitrogens is 1. The first kappa shape index (κ1) is 5.94. The molecule has 0 atom stereocenters. The molecule has 0 spiro atoms. The molecular weight excluding hydrogens is 126 g/mol. The van der Waals surface area contributed by atoms with Gasteiger partial charge in [-0.05, 0) is 0 Å². The van der Waals surface area contributed by atoms with Gasteiger partial charge in [0.2, 0.25) is 0 Å². The summed E-state index contributed by atoms with van der Waals surface area (Å²) in [6, 6.07) is 0.627. The number of nitrogens with zero attached hydrogens (tertiary/aromatic N) is 1. The van der Waals surface area contributed by atoms with Crippen LogP contribution >= 0.6 is 0 Å². The van der Waals surface area contributed by atoms with Gasteiger partial charge in [-0.2, -0.15) is 0 Å². The van der Waals surface area contributed by atoms with Crippen LogP contribution < -0.4 is 5.73 Å². The van der Waals surface area contributed by atoms with E-state index >= 15 is 0 Å². The van der Waals surface area contributed by atoms with Crippen molar-refractivity contribution in [2.24, 2.45) is 0 Å². The molecule has 2 N–H and O–H groups in total. The maximum absolute atomic E-state index is 12.1. The summed E-state index contributed by atoms with van der Waals surface area (Å²) in [4.78, 5) is 3.08. The molecule has 0 amide bonds. The van der Waals surface area contributed by atoms with Crippen molar-refractivity contribution in [2.75, 3.05) is 5.73 Å². The molecule has 0 fully saturated rings.